The zero-order valence-electron chi connectivity index (χ0n) is 12.3. The summed E-state index contributed by atoms with van der Waals surface area (Å²) < 4.78 is 4.98. The molecular weight excluding hydrogens is 288 g/mol. The molecule has 112 valence electrons. The van der Waals surface area contributed by atoms with Gasteiger partial charge in [0.2, 0.25) is 5.88 Å². The number of amides is 2. The van der Waals surface area contributed by atoms with Gasteiger partial charge in [-0.2, -0.15) is 0 Å². The number of aryl methyl sites for hydroxylation is 2. The summed E-state index contributed by atoms with van der Waals surface area (Å²) in [5.74, 6) is 0.553. The van der Waals surface area contributed by atoms with Gasteiger partial charge in [0.25, 0.3) is 0 Å². The van der Waals surface area contributed by atoms with E-state index in [9.17, 15) is 4.79 Å². The lowest BCUT2D eigenvalue weighted by Gasteiger charge is -2.06. The minimum absolute atomic E-state index is 0.226. The van der Waals surface area contributed by atoms with Gasteiger partial charge < -0.3 is 15.4 Å². The second-order valence-corrected chi connectivity index (χ2v) is 5.78. The number of nitrogens with zero attached hydrogens (tertiary/aromatic N) is 2. The fourth-order valence-corrected chi connectivity index (χ4v) is 2.53. The standard InChI is InChI=1S/C14H18N4O2S/c1-9-10(2)21-13(18-9)8-17-14(19)16-7-11-4-5-12(20-3)15-6-11/h4-6H,7-8H2,1-3H3,(H2,16,17,19). The number of hydrogen-bond acceptors (Lipinski definition) is 5. The van der Waals surface area contributed by atoms with Gasteiger partial charge in [0, 0.05) is 23.7 Å². The Morgan fingerprint density at radius 3 is 2.62 bits per heavy atom. The SMILES string of the molecule is COc1ccc(CNC(=O)NCc2nc(C)c(C)s2)cn1. The van der Waals surface area contributed by atoms with Crippen LogP contribution in [-0.4, -0.2) is 23.1 Å². The number of hydrogen-bond donors (Lipinski definition) is 2. The zero-order valence-corrected chi connectivity index (χ0v) is 13.1. The maximum absolute atomic E-state index is 11.7. The highest BCUT2D eigenvalue weighted by Crippen LogP contribution is 2.15. The second-order valence-electron chi connectivity index (χ2n) is 4.49. The Morgan fingerprint density at radius 1 is 1.29 bits per heavy atom. The molecule has 0 saturated heterocycles. The van der Waals surface area contributed by atoms with Crippen LogP contribution < -0.4 is 15.4 Å². The molecule has 21 heavy (non-hydrogen) atoms. The summed E-state index contributed by atoms with van der Waals surface area (Å²) in [6, 6.07) is 3.40. The van der Waals surface area contributed by atoms with Crippen molar-refractivity contribution in [2.75, 3.05) is 7.11 Å². The van der Waals surface area contributed by atoms with Gasteiger partial charge in [0.1, 0.15) is 5.01 Å². The molecule has 2 N–H and O–H groups in total. The molecule has 0 spiro atoms. The van der Waals surface area contributed by atoms with E-state index >= 15 is 0 Å². The Bertz CT molecular complexity index is 590. The van der Waals surface area contributed by atoms with E-state index in [-0.39, 0.29) is 6.03 Å². The van der Waals surface area contributed by atoms with Gasteiger partial charge in [-0.3, -0.25) is 0 Å². The molecule has 0 unspecified atom stereocenters. The van der Waals surface area contributed by atoms with E-state index in [0.717, 1.165) is 16.3 Å². The molecule has 2 heterocycles. The lowest BCUT2D eigenvalue weighted by molar-refractivity contribution is 0.240. The molecule has 0 aliphatic heterocycles. The molecule has 0 aliphatic carbocycles. The first-order valence-electron chi connectivity index (χ1n) is 6.52. The highest BCUT2D eigenvalue weighted by molar-refractivity contribution is 7.11. The normalized spacial score (nSPS) is 10.2. The number of carbonyl (C=O) groups is 1. The highest BCUT2D eigenvalue weighted by Gasteiger charge is 2.06. The van der Waals surface area contributed by atoms with Crippen molar-refractivity contribution in [1.82, 2.24) is 20.6 Å². The van der Waals surface area contributed by atoms with Crippen molar-refractivity contribution >= 4 is 17.4 Å². The molecule has 2 aromatic heterocycles. The minimum atomic E-state index is -0.226. The predicted octanol–water partition coefficient (Wildman–Crippen LogP) is 2.16. The first-order chi connectivity index (χ1) is 10.1. The zero-order chi connectivity index (χ0) is 15.2. The summed E-state index contributed by atoms with van der Waals surface area (Å²) in [5, 5.41) is 6.47. The van der Waals surface area contributed by atoms with Crippen LogP contribution in [0.25, 0.3) is 0 Å². The number of pyridine rings is 1. The molecule has 2 amide bonds. The number of carbonyl (C=O) groups excluding carboxylic acids is 1. The van der Waals surface area contributed by atoms with Crippen molar-refractivity contribution in [3.05, 3.63) is 39.5 Å². The van der Waals surface area contributed by atoms with E-state index in [1.165, 1.54) is 4.88 Å². The summed E-state index contributed by atoms with van der Waals surface area (Å²) >= 11 is 1.60. The van der Waals surface area contributed by atoms with Crippen molar-refractivity contribution in [3.63, 3.8) is 0 Å². The van der Waals surface area contributed by atoms with Crippen LogP contribution in [0.2, 0.25) is 0 Å². The smallest absolute Gasteiger partial charge is 0.315 e. The van der Waals surface area contributed by atoms with Crippen LogP contribution >= 0.6 is 11.3 Å². The maximum Gasteiger partial charge on any atom is 0.315 e. The van der Waals surface area contributed by atoms with Crippen LogP contribution in [0.4, 0.5) is 4.79 Å². The molecule has 0 atom stereocenters. The fraction of sp³-hybridized carbons (Fsp3) is 0.357. The van der Waals surface area contributed by atoms with E-state index in [1.807, 2.05) is 19.9 Å². The number of methoxy groups -OCH3 is 1. The van der Waals surface area contributed by atoms with Gasteiger partial charge in [0.05, 0.1) is 19.3 Å². The molecule has 7 heteroatoms. The molecule has 0 aromatic carbocycles. The average Bonchev–Trinajstić information content (AvgIpc) is 2.82. The number of urea groups is 1. The summed E-state index contributed by atoms with van der Waals surface area (Å²) in [6.45, 7) is 4.84. The van der Waals surface area contributed by atoms with Crippen LogP contribution in [0.3, 0.4) is 0 Å². The molecule has 0 bridgehead atoms. The quantitative estimate of drug-likeness (QED) is 0.887. The summed E-state index contributed by atoms with van der Waals surface area (Å²) in [4.78, 5) is 21.3. The maximum atomic E-state index is 11.7. The van der Waals surface area contributed by atoms with Crippen LogP contribution in [0.15, 0.2) is 18.3 Å². The third-order valence-electron chi connectivity index (χ3n) is 2.93. The van der Waals surface area contributed by atoms with E-state index in [4.69, 9.17) is 4.74 Å². The predicted molar refractivity (Wildman–Crippen MR) is 81.5 cm³/mol. The third kappa shape index (κ3) is 4.42. The van der Waals surface area contributed by atoms with Gasteiger partial charge in [-0.1, -0.05) is 6.07 Å². The summed E-state index contributed by atoms with van der Waals surface area (Å²) in [6.07, 6.45) is 1.67. The van der Waals surface area contributed by atoms with Crippen molar-refractivity contribution in [2.45, 2.75) is 26.9 Å². The number of rotatable bonds is 5. The Morgan fingerprint density at radius 2 is 2.05 bits per heavy atom. The number of ether oxygens (including phenoxy) is 1. The van der Waals surface area contributed by atoms with Crippen molar-refractivity contribution in [3.8, 4) is 5.88 Å². The molecule has 0 radical (unpaired) electrons. The average molecular weight is 306 g/mol. The van der Waals surface area contributed by atoms with Crippen LogP contribution in [0.5, 0.6) is 5.88 Å². The second kappa shape index (κ2) is 7.03. The van der Waals surface area contributed by atoms with E-state index in [0.29, 0.717) is 19.0 Å². The molecule has 2 rings (SSSR count). The Hall–Kier alpha value is -2.15. The first-order valence-corrected chi connectivity index (χ1v) is 7.33. The van der Waals surface area contributed by atoms with Crippen molar-refractivity contribution < 1.29 is 9.53 Å². The van der Waals surface area contributed by atoms with Gasteiger partial charge in [-0.25, -0.2) is 14.8 Å². The Balaban J connectivity index is 1.76. The molecular formula is C14H18N4O2S. The molecule has 6 nitrogen and oxygen atoms in total. The monoisotopic (exact) mass is 306 g/mol. The summed E-state index contributed by atoms with van der Waals surface area (Å²) in [5.41, 5.74) is 1.92. The third-order valence-corrected chi connectivity index (χ3v) is 4.01. The van der Waals surface area contributed by atoms with E-state index in [2.05, 4.69) is 20.6 Å². The van der Waals surface area contributed by atoms with Crippen molar-refractivity contribution in [2.24, 2.45) is 0 Å². The number of nitrogens with one attached hydrogen (secondary N) is 2. The Kier molecular flexibility index (Phi) is 5.10. The molecule has 0 aliphatic rings. The van der Waals surface area contributed by atoms with Gasteiger partial charge >= 0.3 is 6.03 Å². The highest BCUT2D eigenvalue weighted by atomic mass is 32.1. The van der Waals surface area contributed by atoms with Gasteiger partial charge in [-0.05, 0) is 19.4 Å². The lowest BCUT2D eigenvalue weighted by Crippen LogP contribution is -2.34. The van der Waals surface area contributed by atoms with Gasteiger partial charge in [-0.15, -0.1) is 11.3 Å². The number of thiazole rings is 1. The van der Waals surface area contributed by atoms with E-state index < -0.39 is 0 Å². The molecule has 0 saturated carbocycles. The van der Waals surface area contributed by atoms with E-state index in [1.54, 1.807) is 30.7 Å². The largest absolute Gasteiger partial charge is 0.481 e. The Labute approximate surface area is 127 Å². The van der Waals surface area contributed by atoms with Crippen LogP contribution in [-0.2, 0) is 13.1 Å². The number of aromatic nitrogens is 2. The van der Waals surface area contributed by atoms with Crippen molar-refractivity contribution in [1.29, 1.82) is 0 Å². The molecule has 2 aromatic rings. The van der Waals surface area contributed by atoms with Crippen LogP contribution in [0.1, 0.15) is 21.1 Å². The fourth-order valence-electron chi connectivity index (χ4n) is 1.65. The summed E-state index contributed by atoms with van der Waals surface area (Å²) in [7, 11) is 1.57. The van der Waals surface area contributed by atoms with Gasteiger partial charge in [0.15, 0.2) is 0 Å². The lowest BCUT2D eigenvalue weighted by atomic mass is 10.3. The first kappa shape index (κ1) is 15.2. The minimum Gasteiger partial charge on any atom is -0.481 e. The molecule has 0 fully saturated rings. The topological polar surface area (TPSA) is 76.1 Å². The van der Waals surface area contributed by atoms with Crippen LogP contribution in [0, 0.1) is 13.8 Å².